The quantitative estimate of drug-likeness (QED) is 0.739. The lowest BCUT2D eigenvalue weighted by Crippen LogP contribution is -2.60. The largest absolute Gasteiger partial charge is 0.459 e. The molecule has 0 radical (unpaired) electrons. The number of carbonyl (C=O) groups is 2. The summed E-state index contributed by atoms with van der Waals surface area (Å²) in [5, 5.41) is 3.14. The molecule has 0 saturated carbocycles. The zero-order valence-electron chi connectivity index (χ0n) is 15.9. The molecule has 9 heteroatoms. The van der Waals surface area contributed by atoms with Crippen molar-refractivity contribution in [2.45, 2.75) is 43.4 Å². The summed E-state index contributed by atoms with van der Waals surface area (Å²) < 4.78 is 28.7. The number of anilines is 1. The van der Waals surface area contributed by atoms with Crippen LogP contribution in [0.15, 0.2) is 29.2 Å². The summed E-state index contributed by atoms with van der Waals surface area (Å²) in [5.41, 5.74) is -0.000649. The number of benzene rings is 1. The molecule has 8 nitrogen and oxygen atoms in total. The highest BCUT2D eigenvalue weighted by Gasteiger charge is 2.47. The molecule has 2 aliphatic heterocycles. The molecule has 2 atom stereocenters. The molecule has 2 unspecified atom stereocenters. The number of amides is 1. The van der Waals surface area contributed by atoms with Crippen LogP contribution in [0.4, 0.5) is 5.69 Å². The average Bonchev–Trinajstić information content (AvgIpc) is 2.90. The minimum absolute atomic E-state index is 0.122. The summed E-state index contributed by atoms with van der Waals surface area (Å²) in [7, 11) is -3.30. The number of carbonyl (C=O) groups excluding carboxylic acids is 2. The molecule has 0 aliphatic carbocycles. The van der Waals surface area contributed by atoms with Gasteiger partial charge in [-0.15, -0.1) is 0 Å². The topological polar surface area (TPSA) is 96.0 Å². The van der Waals surface area contributed by atoms with Crippen LogP contribution in [0.1, 0.15) is 20.8 Å². The maximum Gasteiger partial charge on any atom is 0.325 e. The van der Waals surface area contributed by atoms with Crippen LogP contribution in [0.5, 0.6) is 0 Å². The Hall–Kier alpha value is -1.97. The molecule has 1 N–H and O–H groups in total. The van der Waals surface area contributed by atoms with Crippen LogP contribution < -0.4 is 10.2 Å². The van der Waals surface area contributed by atoms with E-state index in [1.165, 1.54) is 12.1 Å². The van der Waals surface area contributed by atoms with Crippen molar-refractivity contribution >= 4 is 27.4 Å². The summed E-state index contributed by atoms with van der Waals surface area (Å²) in [4.78, 5) is 29.0. The van der Waals surface area contributed by atoms with E-state index in [9.17, 15) is 18.0 Å². The van der Waals surface area contributed by atoms with E-state index in [1.54, 1.807) is 17.0 Å². The molecule has 2 heterocycles. The van der Waals surface area contributed by atoms with Crippen LogP contribution in [0, 0.1) is 0 Å². The van der Waals surface area contributed by atoms with E-state index in [0.717, 1.165) is 6.26 Å². The van der Waals surface area contributed by atoms with Crippen molar-refractivity contribution in [1.29, 1.82) is 0 Å². The third-order valence-electron chi connectivity index (χ3n) is 4.59. The van der Waals surface area contributed by atoms with E-state index < -0.39 is 27.5 Å². The van der Waals surface area contributed by atoms with Crippen LogP contribution in [0.3, 0.4) is 0 Å². The predicted molar refractivity (Wildman–Crippen MR) is 100 cm³/mol. The van der Waals surface area contributed by atoms with Gasteiger partial charge in [0.1, 0.15) is 17.7 Å². The van der Waals surface area contributed by atoms with Gasteiger partial charge in [-0.05, 0) is 45.0 Å². The van der Waals surface area contributed by atoms with Gasteiger partial charge in [-0.1, -0.05) is 0 Å². The van der Waals surface area contributed by atoms with Crippen molar-refractivity contribution in [2.75, 3.05) is 30.9 Å². The number of hydrogen-bond acceptors (Lipinski definition) is 7. The molecule has 0 aromatic heterocycles. The summed E-state index contributed by atoms with van der Waals surface area (Å²) >= 11 is 0. The first kappa shape index (κ1) is 19.8. The summed E-state index contributed by atoms with van der Waals surface area (Å²) in [6, 6.07) is 5.20. The van der Waals surface area contributed by atoms with E-state index >= 15 is 0 Å². The minimum Gasteiger partial charge on any atom is -0.459 e. The smallest absolute Gasteiger partial charge is 0.325 e. The van der Waals surface area contributed by atoms with E-state index in [0.29, 0.717) is 18.8 Å². The van der Waals surface area contributed by atoms with Gasteiger partial charge in [-0.3, -0.25) is 19.4 Å². The van der Waals surface area contributed by atoms with Gasteiger partial charge in [0.05, 0.1) is 11.6 Å². The first-order chi connectivity index (χ1) is 12.5. The van der Waals surface area contributed by atoms with Crippen molar-refractivity contribution in [1.82, 2.24) is 10.2 Å². The monoisotopic (exact) mass is 395 g/mol. The molecule has 2 saturated heterocycles. The van der Waals surface area contributed by atoms with Gasteiger partial charge in [0.25, 0.3) is 0 Å². The molecule has 0 spiro atoms. The number of nitrogens with zero attached hydrogens (tertiary/aromatic N) is 2. The Kier molecular flexibility index (Phi) is 5.04. The molecule has 2 aliphatic rings. The normalized spacial score (nSPS) is 24.0. The standard InChI is InChI=1S/C18H25N3O5S/c1-18(2,3)26-17(23)15-10-19-9-14-16(22)20(11-21(14)15)12-5-7-13(8-6-12)27(4,24)25/h5-8,14-15,19H,9-11H2,1-4H3. The van der Waals surface area contributed by atoms with Crippen molar-refractivity contribution in [3.05, 3.63) is 24.3 Å². The number of hydrogen-bond donors (Lipinski definition) is 1. The maximum absolute atomic E-state index is 12.8. The van der Waals surface area contributed by atoms with Crippen LogP contribution in [-0.2, 0) is 24.2 Å². The maximum atomic E-state index is 12.8. The molecule has 27 heavy (non-hydrogen) atoms. The van der Waals surface area contributed by atoms with Crippen LogP contribution in [0.2, 0.25) is 0 Å². The van der Waals surface area contributed by atoms with E-state index in [1.807, 2.05) is 25.7 Å². The Bertz CT molecular complexity index is 845. The molecule has 2 fully saturated rings. The third-order valence-corrected chi connectivity index (χ3v) is 5.72. The number of rotatable bonds is 3. The predicted octanol–water partition coefficient (Wildman–Crippen LogP) is 0.378. The second kappa shape index (κ2) is 6.88. The highest BCUT2D eigenvalue weighted by Crippen LogP contribution is 2.28. The number of fused-ring (bicyclic) bond motifs is 1. The lowest BCUT2D eigenvalue weighted by molar-refractivity contribution is -0.162. The number of esters is 1. The SMILES string of the molecule is CC(C)(C)OC(=O)C1CNCC2C(=O)N(c3ccc(S(C)(=O)=O)cc3)CN12. The van der Waals surface area contributed by atoms with Crippen molar-refractivity contribution < 1.29 is 22.7 Å². The zero-order valence-corrected chi connectivity index (χ0v) is 16.7. The summed E-state index contributed by atoms with van der Waals surface area (Å²) in [6.45, 7) is 6.55. The lowest BCUT2D eigenvalue weighted by atomic mass is 10.1. The van der Waals surface area contributed by atoms with Gasteiger partial charge in [0, 0.05) is 25.0 Å². The van der Waals surface area contributed by atoms with E-state index in [4.69, 9.17) is 4.74 Å². The fourth-order valence-corrected chi connectivity index (χ4v) is 3.95. The Morgan fingerprint density at radius 3 is 2.37 bits per heavy atom. The van der Waals surface area contributed by atoms with Gasteiger partial charge >= 0.3 is 5.97 Å². The number of piperazine rings is 1. The van der Waals surface area contributed by atoms with Crippen molar-refractivity contribution in [2.24, 2.45) is 0 Å². The molecule has 148 valence electrons. The van der Waals surface area contributed by atoms with Gasteiger partial charge in [0.2, 0.25) is 5.91 Å². The second-order valence-corrected chi connectivity index (χ2v) is 9.93. The first-order valence-corrected chi connectivity index (χ1v) is 10.7. The molecule has 1 aromatic carbocycles. The molecule has 3 rings (SSSR count). The van der Waals surface area contributed by atoms with Gasteiger partial charge in [0.15, 0.2) is 9.84 Å². The second-order valence-electron chi connectivity index (χ2n) is 7.91. The van der Waals surface area contributed by atoms with Crippen LogP contribution >= 0.6 is 0 Å². The van der Waals surface area contributed by atoms with Crippen molar-refractivity contribution in [3.8, 4) is 0 Å². The fraction of sp³-hybridized carbons (Fsp3) is 0.556. The van der Waals surface area contributed by atoms with Gasteiger partial charge < -0.3 is 10.1 Å². The third kappa shape index (κ3) is 4.15. The lowest BCUT2D eigenvalue weighted by Gasteiger charge is -2.35. The average molecular weight is 395 g/mol. The minimum atomic E-state index is -3.30. The van der Waals surface area contributed by atoms with Crippen molar-refractivity contribution in [3.63, 3.8) is 0 Å². The van der Waals surface area contributed by atoms with Crippen LogP contribution in [0.25, 0.3) is 0 Å². The molecule has 1 amide bonds. The zero-order chi connectivity index (χ0) is 20.0. The van der Waals surface area contributed by atoms with E-state index in [2.05, 4.69) is 5.32 Å². The number of ether oxygens (including phenoxy) is 1. The Labute approximate surface area is 159 Å². The molecule has 1 aromatic rings. The molecule has 0 bridgehead atoms. The number of nitrogens with one attached hydrogen (secondary N) is 1. The Balaban J connectivity index is 1.81. The van der Waals surface area contributed by atoms with Gasteiger partial charge in [-0.25, -0.2) is 8.42 Å². The number of sulfone groups is 1. The highest BCUT2D eigenvalue weighted by molar-refractivity contribution is 7.90. The molecular weight excluding hydrogens is 370 g/mol. The molecular formula is C18H25N3O5S. The van der Waals surface area contributed by atoms with Crippen LogP contribution in [-0.4, -0.2) is 68.9 Å². The Morgan fingerprint density at radius 2 is 1.81 bits per heavy atom. The first-order valence-electron chi connectivity index (χ1n) is 8.78. The highest BCUT2D eigenvalue weighted by atomic mass is 32.2. The Morgan fingerprint density at radius 1 is 1.19 bits per heavy atom. The fourth-order valence-electron chi connectivity index (χ4n) is 3.32. The summed E-state index contributed by atoms with van der Waals surface area (Å²) in [5.74, 6) is -0.482. The van der Waals surface area contributed by atoms with Gasteiger partial charge in [-0.2, -0.15) is 0 Å². The van der Waals surface area contributed by atoms with E-state index in [-0.39, 0.29) is 23.4 Å². The summed E-state index contributed by atoms with van der Waals surface area (Å²) in [6.07, 6.45) is 1.14.